The van der Waals surface area contributed by atoms with Gasteiger partial charge < -0.3 is 52.0 Å². The molecular formula is C126H76B3N11S. The van der Waals surface area contributed by atoms with Crippen LogP contribution in [-0.4, -0.2) is 43.4 Å². The van der Waals surface area contributed by atoms with Gasteiger partial charge in [0, 0.05) is 144 Å². The molecule has 0 bridgehead atoms. The standard InChI is InChI=1S/2C44H27BN4.C38H22BN3S/c1-5-20-35-30(15-1)31-16-2-6-21-36(31)46(35)28-13-11-14-29(27-28)47-41-26-12-19-33-32-17-3-8-23-38(32)49-40-25-10-9-24-39(40)48-37-22-7-4-18-34(37)43(47)44(48)45(49)42(33)41;1-5-17-35-30(12-1)31-13-2-6-18-36(31)46(35)28-24-26-29(27-25-28)47-41-23-11-16-33-32-14-3-8-20-38(32)49-40-22-10-9-21-39(40)48-37-19-7-4-15-34(37)43(47)44(48)45(49)42(33)41;1-5-17-29-23(11-1)25-14-9-20-32-35(25)39-38-36(40(32)33-21-10-15-26-24-12-3-8-22-34(24)43-37(26)33)27-13-2-4-16-28(27)41(38)30-18-6-7-19-31(30)42(29)39/h2*1-27H;1-22H. The Morgan fingerprint density at radius 2 is 0.433 bits per heavy atom. The van der Waals surface area contributed by atoms with Crippen molar-refractivity contribution in [2.45, 2.75) is 0 Å². The van der Waals surface area contributed by atoms with Crippen LogP contribution in [0.5, 0.6) is 0 Å². The average Bonchev–Trinajstić information content (AvgIpc) is 1.32. The number of para-hydroxylation sites is 16. The lowest BCUT2D eigenvalue weighted by atomic mass is 9.44. The van der Waals surface area contributed by atoms with Gasteiger partial charge in [0.05, 0.1) is 100 Å². The van der Waals surface area contributed by atoms with E-state index in [1.165, 1.54) is 254 Å². The van der Waals surface area contributed by atoms with Crippen LogP contribution >= 0.6 is 11.3 Å². The van der Waals surface area contributed by atoms with Crippen molar-refractivity contribution in [1.82, 2.24) is 22.8 Å². The predicted molar refractivity (Wildman–Crippen MR) is 593 cm³/mol. The molecule has 0 atom stereocenters. The number of benzene rings is 20. The second-order valence-corrected chi connectivity index (χ2v) is 39.4. The molecule has 141 heavy (non-hydrogen) atoms. The molecule has 35 rings (SSSR count). The highest BCUT2D eigenvalue weighted by Crippen LogP contribution is 2.59. The summed E-state index contributed by atoms with van der Waals surface area (Å²) in [5.74, 6) is 0. The molecule has 26 aromatic rings. The van der Waals surface area contributed by atoms with E-state index < -0.39 is 0 Å². The fraction of sp³-hybridized carbons (Fsp3) is 0. The summed E-state index contributed by atoms with van der Waals surface area (Å²) in [6.45, 7) is 0.151. The van der Waals surface area contributed by atoms with E-state index in [2.05, 4.69) is 513 Å². The molecule has 9 aliphatic rings. The Hall–Kier alpha value is -18.2. The molecule has 0 saturated heterocycles. The van der Waals surface area contributed by atoms with Crippen molar-refractivity contribution in [2.24, 2.45) is 0 Å². The normalized spacial score (nSPS) is 13.7. The molecule has 6 aromatic heterocycles. The summed E-state index contributed by atoms with van der Waals surface area (Å²) < 4.78 is 15.1. The minimum absolute atomic E-state index is 0.0372. The highest BCUT2D eigenvalue weighted by molar-refractivity contribution is 7.26. The van der Waals surface area contributed by atoms with Crippen LogP contribution < -0.4 is 62.3 Å². The van der Waals surface area contributed by atoms with Crippen LogP contribution in [0.3, 0.4) is 0 Å². The van der Waals surface area contributed by atoms with Crippen LogP contribution in [0.1, 0.15) is 0 Å². The van der Waals surface area contributed by atoms with E-state index in [1.54, 1.807) is 0 Å². The van der Waals surface area contributed by atoms with Crippen molar-refractivity contribution in [3.05, 3.63) is 461 Å². The maximum Gasteiger partial charge on any atom is 0.351 e. The third-order valence-corrected chi connectivity index (χ3v) is 32.9. The molecule has 9 aliphatic heterocycles. The molecule has 0 amide bonds. The third kappa shape index (κ3) is 9.93. The molecule has 0 fully saturated rings. The van der Waals surface area contributed by atoms with Crippen molar-refractivity contribution >= 4 is 247 Å². The lowest BCUT2D eigenvalue weighted by Crippen LogP contribution is -2.65. The van der Waals surface area contributed by atoms with E-state index in [-0.39, 0.29) is 20.5 Å². The second kappa shape index (κ2) is 28.3. The predicted octanol–water partition coefficient (Wildman–Crippen LogP) is 28.5. The van der Waals surface area contributed by atoms with Crippen LogP contribution in [0.25, 0.3) is 158 Å². The van der Waals surface area contributed by atoms with Crippen LogP contribution in [0, 0.1) is 0 Å². The van der Waals surface area contributed by atoms with Gasteiger partial charge in [0.1, 0.15) is 0 Å². The third-order valence-electron chi connectivity index (χ3n) is 31.7. The van der Waals surface area contributed by atoms with Gasteiger partial charge in [-0.3, -0.25) is 0 Å². The van der Waals surface area contributed by atoms with Crippen molar-refractivity contribution in [2.75, 3.05) is 29.1 Å². The number of fused-ring (bicyclic) bond motifs is 36. The van der Waals surface area contributed by atoms with Crippen LogP contribution in [0.15, 0.2) is 461 Å². The van der Waals surface area contributed by atoms with Gasteiger partial charge >= 0.3 is 20.5 Å². The summed E-state index contributed by atoms with van der Waals surface area (Å²) in [4.78, 5) is 15.4. The molecular weight excluding hydrogens is 1730 g/mol. The highest BCUT2D eigenvalue weighted by Gasteiger charge is 2.55. The number of thiophene rings is 1. The zero-order valence-electron chi connectivity index (χ0n) is 75.9. The maximum absolute atomic E-state index is 2.60. The first kappa shape index (κ1) is 76.1. The van der Waals surface area contributed by atoms with Gasteiger partial charge in [0.25, 0.3) is 0 Å². The molecule has 15 heteroatoms. The van der Waals surface area contributed by atoms with Gasteiger partial charge in [-0.2, -0.15) is 0 Å². The summed E-state index contributed by atoms with van der Waals surface area (Å²) in [7, 11) is 0. The van der Waals surface area contributed by atoms with Crippen molar-refractivity contribution in [3.8, 4) is 61.8 Å². The fourth-order valence-corrected chi connectivity index (χ4v) is 27.7. The molecule has 0 aliphatic carbocycles. The van der Waals surface area contributed by atoms with E-state index in [0.717, 1.165) is 22.7 Å². The molecule has 0 saturated carbocycles. The first-order chi connectivity index (χ1) is 70.1. The van der Waals surface area contributed by atoms with Gasteiger partial charge in [-0.1, -0.05) is 291 Å². The molecule has 0 spiro atoms. The van der Waals surface area contributed by atoms with Gasteiger partial charge in [-0.05, 0) is 203 Å². The number of rotatable bonds is 5. The largest absolute Gasteiger partial charge is 0.374 e. The summed E-state index contributed by atoms with van der Waals surface area (Å²) in [6, 6.07) is 170. The quantitative estimate of drug-likeness (QED) is 0.160. The lowest BCUT2D eigenvalue weighted by molar-refractivity contribution is 1.11. The molecule has 0 N–H and O–H groups in total. The summed E-state index contributed by atoms with van der Waals surface area (Å²) in [5, 5.41) is 11.5. The minimum atomic E-state index is 0.0372. The van der Waals surface area contributed by atoms with Gasteiger partial charge in [-0.15, -0.1) is 11.3 Å². The molecule has 11 nitrogen and oxygen atoms in total. The highest BCUT2D eigenvalue weighted by atomic mass is 32.1. The second-order valence-electron chi connectivity index (χ2n) is 38.3. The molecule has 0 radical (unpaired) electrons. The smallest absolute Gasteiger partial charge is 0.351 e. The number of aromatic nitrogens is 5. The monoisotopic (exact) mass is 1810 g/mol. The van der Waals surface area contributed by atoms with E-state index in [9.17, 15) is 0 Å². The number of nitrogens with zero attached hydrogens (tertiary/aromatic N) is 11. The average molecular weight is 1810 g/mol. The lowest BCUT2D eigenvalue weighted by Gasteiger charge is -2.47. The molecule has 15 heterocycles. The Bertz CT molecular complexity index is 9940. The molecule has 650 valence electrons. The van der Waals surface area contributed by atoms with Gasteiger partial charge in [0.15, 0.2) is 0 Å². The van der Waals surface area contributed by atoms with Crippen LogP contribution in [-0.2, 0) is 0 Å². The Morgan fingerprint density at radius 3 is 0.851 bits per heavy atom. The Morgan fingerprint density at radius 1 is 0.163 bits per heavy atom. The Balaban J connectivity index is 0.0000000939. The van der Waals surface area contributed by atoms with E-state index in [0.29, 0.717) is 0 Å². The van der Waals surface area contributed by atoms with Crippen molar-refractivity contribution in [3.63, 3.8) is 0 Å². The van der Waals surface area contributed by atoms with Gasteiger partial charge in [0.2, 0.25) is 0 Å². The fourth-order valence-electron chi connectivity index (χ4n) is 26.5. The topological polar surface area (TPSA) is 44.1 Å². The first-order valence-corrected chi connectivity index (χ1v) is 49.6. The first-order valence-electron chi connectivity index (χ1n) is 48.8. The maximum atomic E-state index is 2.60. The molecule has 0 unspecified atom stereocenters. The zero-order chi connectivity index (χ0) is 91.4. The van der Waals surface area contributed by atoms with Gasteiger partial charge in [-0.25, -0.2) is 0 Å². The molecule has 20 aromatic carbocycles. The summed E-state index contributed by atoms with van der Waals surface area (Å²) in [5.41, 5.74) is 49.0. The Kier molecular flexibility index (Phi) is 15.3. The number of hydrogen-bond donors (Lipinski definition) is 0. The summed E-state index contributed by atoms with van der Waals surface area (Å²) in [6.07, 6.45) is 0. The number of hydrogen-bond acceptors (Lipinski definition) is 7. The summed E-state index contributed by atoms with van der Waals surface area (Å²) >= 11 is 1.90. The van der Waals surface area contributed by atoms with Crippen LogP contribution in [0.2, 0.25) is 0 Å². The number of anilines is 15. The van der Waals surface area contributed by atoms with E-state index >= 15 is 0 Å². The van der Waals surface area contributed by atoms with Crippen molar-refractivity contribution in [1.29, 1.82) is 0 Å². The Labute approximate surface area is 815 Å². The SMILES string of the molecule is c1cc(N2c3cccc4c3B3c5c2c2ccccc2n5-c2ccccc2N3c2ccccc2-4)cc(-n2c3ccccc3c3ccccc32)c1.c1ccc2c(c1)-c1cccc3c1B1c4c(c5ccccc5n4-c4ccccc4N12)N3c1ccc(-n2c3ccccc3c3ccccc32)cc1.c1ccc2c(c1)-c1cccc3c1B1c4c(c5ccccc5n4-c4ccccc4N12)N3c1cccc2c1sc1ccccc12. The van der Waals surface area contributed by atoms with E-state index in [1.807, 2.05) is 11.3 Å². The van der Waals surface area contributed by atoms with Crippen LogP contribution in [0.4, 0.5) is 85.3 Å². The minimum Gasteiger partial charge on any atom is -0.374 e. The van der Waals surface area contributed by atoms with Crippen molar-refractivity contribution < 1.29 is 0 Å². The van der Waals surface area contributed by atoms with E-state index in [4.69, 9.17) is 0 Å². The zero-order valence-corrected chi connectivity index (χ0v) is 76.8.